The molecule has 2 heterocycles. The fourth-order valence-corrected chi connectivity index (χ4v) is 1.77. The van der Waals surface area contributed by atoms with E-state index in [0.717, 1.165) is 24.6 Å². The van der Waals surface area contributed by atoms with E-state index >= 15 is 0 Å². The first-order chi connectivity index (χ1) is 8.20. The van der Waals surface area contributed by atoms with E-state index in [1.54, 1.807) is 18.3 Å². The van der Waals surface area contributed by atoms with Gasteiger partial charge in [0, 0.05) is 18.9 Å². The van der Waals surface area contributed by atoms with Crippen LogP contribution in [0.1, 0.15) is 35.5 Å². The third-order valence-corrected chi connectivity index (χ3v) is 2.60. The standard InChI is InChI=1S/C13H16N2O2/c1-3-7-15-8-6-14-13(15)9-11(16)12-5-4-10(2)17-12/h4-6,8H,3,7,9H2,1-2H3. The zero-order valence-electron chi connectivity index (χ0n) is 10.1. The summed E-state index contributed by atoms with van der Waals surface area (Å²) in [5, 5.41) is 0. The molecule has 2 aromatic heterocycles. The summed E-state index contributed by atoms with van der Waals surface area (Å²) in [6.07, 6.45) is 4.95. The maximum Gasteiger partial charge on any atom is 0.205 e. The smallest absolute Gasteiger partial charge is 0.205 e. The molecular weight excluding hydrogens is 216 g/mol. The molecule has 2 rings (SSSR count). The van der Waals surface area contributed by atoms with E-state index in [0.29, 0.717) is 12.2 Å². The summed E-state index contributed by atoms with van der Waals surface area (Å²) in [5.41, 5.74) is 0. The second kappa shape index (κ2) is 4.99. The zero-order valence-corrected chi connectivity index (χ0v) is 10.1. The van der Waals surface area contributed by atoms with Gasteiger partial charge in [-0.25, -0.2) is 4.98 Å². The van der Waals surface area contributed by atoms with Gasteiger partial charge in [-0.3, -0.25) is 4.79 Å². The summed E-state index contributed by atoms with van der Waals surface area (Å²) in [7, 11) is 0. The summed E-state index contributed by atoms with van der Waals surface area (Å²) in [6, 6.07) is 3.51. The van der Waals surface area contributed by atoms with Gasteiger partial charge in [0.15, 0.2) is 5.76 Å². The summed E-state index contributed by atoms with van der Waals surface area (Å²) >= 11 is 0. The first-order valence-electron chi connectivity index (χ1n) is 5.80. The molecule has 0 aromatic carbocycles. The van der Waals surface area contributed by atoms with E-state index in [1.165, 1.54) is 0 Å². The van der Waals surface area contributed by atoms with Crippen LogP contribution in [-0.4, -0.2) is 15.3 Å². The number of furan rings is 1. The highest BCUT2D eigenvalue weighted by molar-refractivity contribution is 5.94. The fourth-order valence-electron chi connectivity index (χ4n) is 1.77. The molecule has 0 radical (unpaired) electrons. The van der Waals surface area contributed by atoms with Crippen molar-refractivity contribution in [3.8, 4) is 0 Å². The minimum Gasteiger partial charge on any atom is -0.458 e. The molecule has 0 bridgehead atoms. The van der Waals surface area contributed by atoms with Gasteiger partial charge in [0.1, 0.15) is 11.6 Å². The number of carbonyl (C=O) groups is 1. The second-order valence-corrected chi connectivity index (χ2v) is 4.05. The van der Waals surface area contributed by atoms with E-state index < -0.39 is 0 Å². The lowest BCUT2D eigenvalue weighted by atomic mass is 10.2. The van der Waals surface area contributed by atoms with E-state index in [2.05, 4.69) is 11.9 Å². The van der Waals surface area contributed by atoms with E-state index in [-0.39, 0.29) is 5.78 Å². The fraction of sp³-hybridized carbons (Fsp3) is 0.385. The van der Waals surface area contributed by atoms with Gasteiger partial charge in [-0.05, 0) is 25.5 Å². The van der Waals surface area contributed by atoms with Crippen LogP contribution in [0, 0.1) is 6.92 Å². The van der Waals surface area contributed by atoms with Crippen LogP contribution in [0.15, 0.2) is 28.9 Å². The van der Waals surface area contributed by atoms with Gasteiger partial charge in [0.2, 0.25) is 5.78 Å². The van der Waals surface area contributed by atoms with Crippen molar-refractivity contribution in [1.82, 2.24) is 9.55 Å². The Labute approximate surface area is 100 Å². The second-order valence-electron chi connectivity index (χ2n) is 4.05. The van der Waals surface area contributed by atoms with Crippen LogP contribution < -0.4 is 0 Å². The molecule has 4 heteroatoms. The minimum absolute atomic E-state index is 0.0262. The topological polar surface area (TPSA) is 48.0 Å². The van der Waals surface area contributed by atoms with Crippen molar-refractivity contribution in [3.63, 3.8) is 0 Å². The van der Waals surface area contributed by atoms with Crippen molar-refractivity contribution in [3.05, 3.63) is 41.9 Å². The lowest BCUT2D eigenvalue weighted by Gasteiger charge is -2.04. The molecule has 0 atom stereocenters. The minimum atomic E-state index is -0.0262. The number of imidazole rings is 1. The van der Waals surface area contributed by atoms with Crippen LogP contribution >= 0.6 is 0 Å². The SMILES string of the molecule is CCCn1ccnc1CC(=O)c1ccc(C)o1. The average Bonchev–Trinajstić information content (AvgIpc) is 2.89. The Morgan fingerprint density at radius 3 is 2.94 bits per heavy atom. The number of ketones is 1. The van der Waals surface area contributed by atoms with Crippen LogP contribution in [0.3, 0.4) is 0 Å². The third-order valence-electron chi connectivity index (χ3n) is 2.60. The normalized spacial score (nSPS) is 10.7. The summed E-state index contributed by atoms with van der Waals surface area (Å²) in [6.45, 7) is 4.82. The number of carbonyl (C=O) groups excluding carboxylic acids is 1. The molecular formula is C13H16N2O2. The Morgan fingerprint density at radius 2 is 2.29 bits per heavy atom. The van der Waals surface area contributed by atoms with Crippen molar-refractivity contribution < 1.29 is 9.21 Å². The molecule has 0 spiro atoms. The third kappa shape index (κ3) is 2.64. The number of Topliss-reactive ketones (excluding diaryl/α,β-unsaturated/α-hetero) is 1. The lowest BCUT2D eigenvalue weighted by molar-refractivity contribution is 0.0962. The number of aryl methyl sites for hydroxylation is 2. The van der Waals surface area contributed by atoms with Gasteiger partial charge in [0.05, 0.1) is 6.42 Å². The first kappa shape index (κ1) is 11.6. The van der Waals surface area contributed by atoms with Gasteiger partial charge in [-0.2, -0.15) is 0 Å². The number of aromatic nitrogens is 2. The average molecular weight is 232 g/mol. The Kier molecular flexibility index (Phi) is 3.42. The van der Waals surface area contributed by atoms with Crippen molar-refractivity contribution >= 4 is 5.78 Å². The van der Waals surface area contributed by atoms with Crippen LogP contribution in [0.25, 0.3) is 0 Å². The summed E-state index contributed by atoms with van der Waals surface area (Å²) in [4.78, 5) is 16.1. The largest absolute Gasteiger partial charge is 0.458 e. The molecule has 0 aliphatic heterocycles. The number of hydrogen-bond acceptors (Lipinski definition) is 3. The summed E-state index contributed by atoms with van der Waals surface area (Å²) in [5.74, 6) is 1.94. The van der Waals surface area contributed by atoms with Gasteiger partial charge in [-0.15, -0.1) is 0 Å². The Balaban J connectivity index is 2.10. The monoisotopic (exact) mass is 232 g/mol. The maximum atomic E-state index is 11.9. The molecule has 0 amide bonds. The predicted octanol–water partition coefficient (Wildman–Crippen LogP) is 2.62. The quantitative estimate of drug-likeness (QED) is 0.744. The first-order valence-corrected chi connectivity index (χ1v) is 5.80. The number of rotatable bonds is 5. The van der Waals surface area contributed by atoms with Gasteiger partial charge in [0.25, 0.3) is 0 Å². The Morgan fingerprint density at radius 1 is 1.47 bits per heavy atom. The Bertz CT molecular complexity index is 511. The molecule has 0 unspecified atom stereocenters. The zero-order chi connectivity index (χ0) is 12.3. The highest BCUT2D eigenvalue weighted by Gasteiger charge is 2.14. The number of hydrogen-bond donors (Lipinski definition) is 0. The van der Waals surface area contributed by atoms with Crippen molar-refractivity contribution in [2.75, 3.05) is 0 Å². The van der Waals surface area contributed by atoms with E-state index in [4.69, 9.17) is 4.42 Å². The lowest BCUT2D eigenvalue weighted by Crippen LogP contribution is -2.09. The van der Waals surface area contributed by atoms with Crippen LogP contribution in [-0.2, 0) is 13.0 Å². The predicted molar refractivity (Wildman–Crippen MR) is 64.0 cm³/mol. The van der Waals surface area contributed by atoms with Gasteiger partial charge < -0.3 is 8.98 Å². The highest BCUT2D eigenvalue weighted by atomic mass is 16.3. The van der Waals surface area contributed by atoms with Crippen LogP contribution in [0.2, 0.25) is 0 Å². The van der Waals surface area contributed by atoms with Crippen molar-refractivity contribution in [1.29, 1.82) is 0 Å². The van der Waals surface area contributed by atoms with Crippen molar-refractivity contribution in [2.45, 2.75) is 33.2 Å². The molecule has 0 saturated heterocycles. The van der Waals surface area contributed by atoms with Gasteiger partial charge >= 0.3 is 0 Å². The molecule has 0 saturated carbocycles. The molecule has 17 heavy (non-hydrogen) atoms. The van der Waals surface area contributed by atoms with Crippen LogP contribution in [0.4, 0.5) is 0 Å². The molecule has 0 fully saturated rings. The van der Waals surface area contributed by atoms with Gasteiger partial charge in [-0.1, -0.05) is 6.92 Å². The maximum absolute atomic E-state index is 11.9. The molecule has 4 nitrogen and oxygen atoms in total. The number of nitrogens with zero attached hydrogens (tertiary/aromatic N) is 2. The van der Waals surface area contributed by atoms with E-state index in [9.17, 15) is 4.79 Å². The molecule has 90 valence electrons. The highest BCUT2D eigenvalue weighted by Crippen LogP contribution is 2.10. The van der Waals surface area contributed by atoms with Crippen LogP contribution in [0.5, 0.6) is 0 Å². The molecule has 0 N–H and O–H groups in total. The Hall–Kier alpha value is -1.84. The summed E-state index contributed by atoms with van der Waals surface area (Å²) < 4.78 is 7.31. The molecule has 0 aliphatic carbocycles. The molecule has 2 aromatic rings. The van der Waals surface area contributed by atoms with Crippen molar-refractivity contribution in [2.24, 2.45) is 0 Å². The van der Waals surface area contributed by atoms with E-state index in [1.807, 2.05) is 17.7 Å². The molecule has 0 aliphatic rings.